The predicted molar refractivity (Wildman–Crippen MR) is 147 cm³/mol. The summed E-state index contributed by atoms with van der Waals surface area (Å²) in [6.07, 6.45) is 1.54. The molecule has 2 aromatic carbocycles. The lowest BCUT2D eigenvalue weighted by Crippen LogP contribution is -2.43. The van der Waals surface area contributed by atoms with Crippen molar-refractivity contribution in [2.24, 2.45) is 5.10 Å². The fourth-order valence-electron chi connectivity index (χ4n) is 3.70. The van der Waals surface area contributed by atoms with E-state index in [0.29, 0.717) is 63.8 Å². The van der Waals surface area contributed by atoms with Crippen molar-refractivity contribution in [3.05, 3.63) is 66.0 Å². The van der Waals surface area contributed by atoms with Crippen LogP contribution in [0.5, 0.6) is 5.75 Å². The van der Waals surface area contributed by atoms with Gasteiger partial charge in [0.05, 0.1) is 39.8 Å². The zero-order chi connectivity index (χ0) is 26.0. The molecule has 8 nitrogen and oxygen atoms in total. The first-order valence-corrected chi connectivity index (χ1v) is 13.3. The van der Waals surface area contributed by atoms with Crippen molar-refractivity contribution < 1.29 is 14.3 Å². The molecule has 0 radical (unpaired) electrons. The van der Waals surface area contributed by atoms with Crippen molar-refractivity contribution in [2.75, 3.05) is 32.9 Å². The van der Waals surface area contributed by atoms with Gasteiger partial charge >= 0.3 is 0 Å². The maximum Gasteiger partial charge on any atom is 0.282 e. The van der Waals surface area contributed by atoms with Crippen LogP contribution in [0.3, 0.4) is 0 Å². The summed E-state index contributed by atoms with van der Waals surface area (Å²) in [7, 11) is 0. The van der Waals surface area contributed by atoms with E-state index in [2.05, 4.69) is 37.0 Å². The van der Waals surface area contributed by atoms with Crippen LogP contribution in [0.25, 0.3) is 10.9 Å². The molecule has 1 saturated heterocycles. The van der Waals surface area contributed by atoms with Crippen LogP contribution in [0.2, 0.25) is 5.02 Å². The number of benzene rings is 2. The third-order valence-corrected chi connectivity index (χ3v) is 6.89. The Hall–Kier alpha value is -2.27. The molecular formula is C25H25Br2ClN4O4. The van der Waals surface area contributed by atoms with Crippen molar-refractivity contribution >= 4 is 66.5 Å². The number of ether oxygens (including phenoxy) is 2. The Balaban J connectivity index is 1.62. The van der Waals surface area contributed by atoms with Crippen LogP contribution in [0.15, 0.2) is 49.2 Å². The summed E-state index contributed by atoms with van der Waals surface area (Å²) in [5, 5.41) is 5.25. The van der Waals surface area contributed by atoms with E-state index >= 15 is 0 Å². The minimum absolute atomic E-state index is 0.128. The lowest BCUT2D eigenvalue weighted by Gasteiger charge is -2.26. The standard InChI is InChI=1S/C25H25Br2ClN4O4/c1-25(2,3)24-30-20-5-4-16(26)12-17(20)23(34)32(24)29-13-15-10-18(27)22(19(28)11-15)36-14-21(33)31-6-8-35-9-7-31/h4-5,10-13H,6-9,14H2,1-3H3. The number of carbonyl (C=O) groups is 1. The van der Waals surface area contributed by atoms with E-state index in [4.69, 9.17) is 26.1 Å². The Morgan fingerprint density at radius 2 is 1.94 bits per heavy atom. The molecule has 11 heteroatoms. The van der Waals surface area contributed by atoms with E-state index in [1.54, 1.807) is 29.3 Å². The van der Waals surface area contributed by atoms with Gasteiger partial charge in [-0.3, -0.25) is 9.59 Å². The van der Waals surface area contributed by atoms with Gasteiger partial charge in [0.15, 0.2) is 12.4 Å². The molecule has 0 atom stereocenters. The van der Waals surface area contributed by atoms with Gasteiger partial charge in [-0.1, -0.05) is 48.3 Å². The van der Waals surface area contributed by atoms with Crippen molar-refractivity contribution in [3.8, 4) is 5.75 Å². The van der Waals surface area contributed by atoms with Crippen molar-refractivity contribution in [2.45, 2.75) is 26.2 Å². The Bertz CT molecular complexity index is 1370. The second kappa shape index (κ2) is 11.0. The molecule has 3 aromatic rings. The first-order valence-electron chi connectivity index (χ1n) is 11.3. The van der Waals surface area contributed by atoms with E-state index in [1.807, 2.05) is 32.9 Å². The van der Waals surface area contributed by atoms with Gasteiger partial charge in [0.25, 0.3) is 11.5 Å². The molecule has 1 aromatic heterocycles. The van der Waals surface area contributed by atoms with Gasteiger partial charge in [-0.15, -0.1) is 0 Å². The molecule has 1 aliphatic heterocycles. The molecular weight excluding hydrogens is 616 g/mol. The van der Waals surface area contributed by atoms with Gasteiger partial charge < -0.3 is 14.4 Å². The molecule has 0 aliphatic carbocycles. The van der Waals surface area contributed by atoms with E-state index in [0.717, 1.165) is 4.47 Å². The number of morpholine rings is 1. The lowest BCUT2D eigenvalue weighted by molar-refractivity contribution is -0.137. The number of hydrogen-bond donors (Lipinski definition) is 0. The summed E-state index contributed by atoms with van der Waals surface area (Å²) >= 11 is 13.4. The molecule has 1 fully saturated rings. The second-order valence-corrected chi connectivity index (χ2v) is 11.5. The highest BCUT2D eigenvalue weighted by atomic mass is 79.9. The Labute approximate surface area is 230 Å². The predicted octanol–water partition coefficient (Wildman–Crippen LogP) is 4.99. The van der Waals surface area contributed by atoms with E-state index in [9.17, 15) is 9.59 Å². The maximum absolute atomic E-state index is 13.3. The molecule has 2 heterocycles. The van der Waals surface area contributed by atoms with Crippen LogP contribution in [0.1, 0.15) is 32.2 Å². The first kappa shape index (κ1) is 26.8. The zero-order valence-corrected chi connectivity index (χ0v) is 24.0. The van der Waals surface area contributed by atoms with Gasteiger partial charge in [0.1, 0.15) is 5.82 Å². The summed E-state index contributed by atoms with van der Waals surface area (Å²) in [5.74, 6) is 0.766. The largest absolute Gasteiger partial charge is 0.481 e. The van der Waals surface area contributed by atoms with Crippen LogP contribution >= 0.6 is 43.5 Å². The summed E-state index contributed by atoms with van der Waals surface area (Å²) in [4.78, 5) is 32.2. The number of aromatic nitrogens is 2. The Morgan fingerprint density at radius 3 is 2.61 bits per heavy atom. The summed E-state index contributed by atoms with van der Waals surface area (Å²) in [6, 6.07) is 8.82. The van der Waals surface area contributed by atoms with Crippen LogP contribution < -0.4 is 10.3 Å². The molecule has 36 heavy (non-hydrogen) atoms. The topological polar surface area (TPSA) is 86.0 Å². The van der Waals surface area contributed by atoms with Gasteiger partial charge in [-0.05, 0) is 51.8 Å². The normalized spacial score (nSPS) is 14.6. The molecule has 0 saturated carbocycles. The summed E-state index contributed by atoms with van der Waals surface area (Å²) in [6.45, 7) is 7.93. The van der Waals surface area contributed by atoms with Crippen molar-refractivity contribution in [1.82, 2.24) is 14.6 Å². The smallest absolute Gasteiger partial charge is 0.282 e. The molecule has 4 rings (SSSR count). The molecule has 0 N–H and O–H groups in total. The van der Waals surface area contributed by atoms with E-state index in [-0.39, 0.29) is 18.1 Å². The number of hydrogen-bond acceptors (Lipinski definition) is 6. The quantitative estimate of drug-likeness (QED) is 0.367. The number of carbonyl (C=O) groups excluding carboxylic acids is 1. The molecule has 190 valence electrons. The molecule has 1 amide bonds. The van der Waals surface area contributed by atoms with Gasteiger partial charge in [-0.25, -0.2) is 4.98 Å². The highest BCUT2D eigenvalue weighted by Crippen LogP contribution is 2.34. The number of fused-ring (bicyclic) bond motifs is 1. The summed E-state index contributed by atoms with van der Waals surface area (Å²) < 4.78 is 13.7. The molecule has 0 bridgehead atoms. The van der Waals surface area contributed by atoms with E-state index in [1.165, 1.54) is 4.68 Å². The van der Waals surface area contributed by atoms with Gasteiger partial charge in [0, 0.05) is 23.0 Å². The van der Waals surface area contributed by atoms with E-state index < -0.39 is 5.41 Å². The van der Waals surface area contributed by atoms with Crippen LogP contribution in [-0.4, -0.2) is 59.6 Å². The fraction of sp³-hybridized carbons (Fsp3) is 0.360. The minimum atomic E-state index is -0.430. The number of amides is 1. The monoisotopic (exact) mass is 638 g/mol. The Kier molecular flexibility index (Phi) is 8.18. The second-order valence-electron chi connectivity index (χ2n) is 9.30. The number of rotatable bonds is 5. The summed E-state index contributed by atoms with van der Waals surface area (Å²) in [5.41, 5.74) is 0.549. The van der Waals surface area contributed by atoms with Gasteiger partial charge in [-0.2, -0.15) is 9.78 Å². The zero-order valence-electron chi connectivity index (χ0n) is 20.1. The lowest BCUT2D eigenvalue weighted by atomic mass is 9.95. The number of nitrogens with zero attached hydrogens (tertiary/aromatic N) is 4. The molecule has 1 aliphatic rings. The third-order valence-electron chi connectivity index (χ3n) is 5.53. The Morgan fingerprint density at radius 1 is 1.22 bits per heavy atom. The average Bonchev–Trinajstić information content (AvgIpc) is 2.83. The fourth-order valence-corrected chi connectivity index (χ4v) is 5.05. The van der Waals surface area contributed by atoms with Crippen LogP contribution in [-0.2, 0) is 14.9 Å². The molecule has 0 spiro atoms. The third kappa shape index (κ3) is 5.99. The minimum Gasteiger partial charge on any atom is -0.481 e. The van der Waals surface area contributed by atoms with Crippen molar-refractivity contribution in [1.29, 1.82) is 0 Å². The van der Waals surface area contributed by atoms with Crippen molar-refractivity contribution in [3.63, 3.8) is 0 Å². The highest BCUT2D eigenvalue weighted by Gasteiger charge is 2.23. The van der Waals surface area contributed by atoms with Gasteiger partial charge in [0.2, 0.25) is 0 Å². The van der Waals surface area contributed by atoms with Crippen LogP contribution in [0.4, 0.5) is 0 Å². The maximum atomic E-state index is 13.3. The van der Waals surface area contributed by atoms with Crippen LogP contribution in [0, 0.1) is 0 Å². The highest BCUT2D eigenvalue weighted by molar-refractivity contribution is 9.10. The SMILES string of the molecule is CC(C)(C)c1nc2ccc(Br)cc2c(=O)n1N=Cc1cc(Cl)c(OCC(=O)N2CCOCC2)c(Br)c1. The molecule has 0 unspecified atom stereocenters. The number of halogens is 3. The first-order chi connectivity index (χ1) is 17.0. The average molecular weight is 641 g/mol.